The van der Waals surface area contributed by atoms with E-state index >= 15 is 0 Å². The number of nitrogens with zero attached hydrogens (tertiary/aromatic N) is 1. The summed E-state index contributed by atoms with van der Waals surface area (Å²) < 4.78 is 12.5. The lowest BCUT2D eigenvalue weighted by atomic mass is 10.1. The van der Waals surface area contributed by atoms with E-state index < -0.39 is 0 Å². The normalized spacial score (nSPS) is 11.1. The topological polar surface area (TPSA) is 80.9 Å². The number of rotatable bonds is 4. The van der Waals surface area contributed by atoms with Gasteiger partial charge in [0.15, 0.2) is 16.9 Å². The summed E-state index contributed by atoms with van der Waals surface area (Å²) in [5.41, 5.74) is 2.10. The number of pyridine rings is 1. The Labute approximate surface area is 160 Å². The van der Waals surface area contributed by atoms with Gasteiger partial charge in [-0.15, -0.1) is 0 Å². The van der Waals surface area contributed by atoms with E-state index in [4.69, 9.17) is 9.47 Å². The molecule has 0 aliphatic heterocycles. The SMILES string of the molecule is COc1cc(Cn2c3ccccc3c(=O)c3ccc(O)cc32)cc(OC)c1O. The van der Waals surface area contributed by atoms with E-state index in [-0.39, 0.29) is 16.9 Å². The number of hydrogen-bond donors (Lipinski definition) is 2. The largest absolute Gasteiger partial charge is 0.508 e. The highest BCUT2D eigenvalue weighted by atomic mass is 16.5. The number of hydrogen-bond acceptors (Lipinski definition) is 5. The molecule has 1 aromatic heterocycles. The number of ether oxygens (including phenoxy) is 2. The summed E-state index contributed by atoms with van der Waals surface area (Å²) in [6.07, 6.45) is 0. The zero-order chi connectivity index (χ0) is 19.8. The fourth-order valence-electron chi connectivity index (χ4n) is 3.50. The molecule has 0 saturated heterocycles. The molecule has 6 heteroatoms. The number of phenolic OH excluding ortho intramolecular Hbond substituents is 2. The zero-order valence-electron chi connectivity index (χ0n) is 15.5. The van der Waals surface area contributed by atoms with Gasteiger partial charge in [-0.3, -0.25) is 4.79 Å². The van der Waals surface area contributed by atoms with Crippen molar-refractivity contribution in [2.75, 3.05) is 14.2 Å². The van der Waals surface area contributed by atoms with Crippen LogP contribution < -0.4 is 14.9 Å². The minimum atomic E-state index is -0.0808. The summed E-state index contributed by atoms with van der Waals surface area (Å²) in [5.74, 6) is 0.608. The predicted molar refractivity (Wildman–Crippen MR) is 108 cm³/mol. The quantitative estimate of drug-likeness (QED) is 0.531. The summed E-state index contributed by atoms with van der Waals surface area (Å²) in [5, 5.41) is 21.3. The Morgan fingerprint density at radius 2 is 1.50 bits per heavy atom. The van der Waals surface area contributed by atoms with Crippen LogP contribution in [0.2, 0.25) is 0 Å². The maximum atomic E-state index is 12.9. The van der Waals surface area contributed by atoms with Gasteiger partial charge in [0.2, 0.25) is 5.75 Å². The van der Waals surface area contributed by atoms with E-state index in [0.29, 0.717) is 34.3 Å². The van der Waals surface area contributed by atoms with Crippen LogP contribution in [0.4, 0.5) is 0 Å². The molecule has 3 aromatic carbocycles. The minimum absolute atomic E-state index is 0.0685. The van der Waals surface area contributed by atoms with Crippen molar-refractivity contribution in [3.8, 4) is 23.0 Å². The molecule has 0 unspecified atom stereocenters. The molecule has 6 nitrogen and oxygen atoms in total. The first-order valence-corrected chi connectivity index (χ1v) is 8.71. The van der Waals surface area contributed by atoms with Crippen molar-refractivity contribution in [1.29, 1.82) is 0 Å². The van der Waals surface area contributed by atoms with Crippen LogP contribution in [0.5, 0.6) is 23.0 Å². The average molecular weight is 377 g/mol. The van der Waals surface area contributed by atoms with Crippen molar-refractivity contribution in [2.45, 2.75) is 6.54 Å². The highest BCUT2D eigenvalue weighted by molar-refractivity contribution is 5.94. The van der Waals surface area contributed by atoms with Crippen LogP contribution in [0.15, 0.2) is 59.4 Å². The molecule has 0 amide bonds. The van der Waals surface area contributed by atoms with Gasteiger partial charge in [-0.1, -0.05) is 12.1 Å². The Hall–Kier alpha value is -3.67. The van der Waals surface area contributed by atoms with E-state index in [1.54, 1.807) is 30.3 Å². The van der Waals surface area contributed by atoms with Crippen LogP contribution >= 0.6 is 0 Å². The molecule has 0 spiro atoms. The molecule has 2 N–H and O–H groups in total. The molecule has 142 valence electrons. The van der Waals surface area contributed by atoms with E-state index in [2.05, 4.69) is 0 Å². The molecule has 0 aliphatic rings. The van der Waals surface area contributed by atoms with E-state index in [1.807, 2.05) is 22.8 Å². The lowest BCUT2D eigenvalue weighted by Crippen LogP contribution is -2.12. The van der Waals surface area contributed by atoms with E-state index in [9.17, 15) is 15.0 Å². The summed E-state index contributed by atoms with van der Waals surface area (Å²) in [7, 11) is 2.95. The number of fused-ring (bicyclic) bond motifs is 2. The first-order valence-electron chi connectivity index (χ1n) is 8.71. The average Bonchev–Trinajstić information content (AvgIpc) is 2.71. The maximum Gasteiger partial charge on any atom is 0.200 e. The number of aromatic hydroxyl groups is 2. The van der Waals surface area contributed by atoms with E-state index in [0.717, 1.165) is 11.1 Å². The highest BCUT2D eigenvalue weighted by Gasteiger charge is 2.15. The number of phenols is 2. The van der Waals surface area contributed by atoms with Gasteiger partial charge in [-0.2, -0.15) is 0 Å². The first kappa shape index (κ1) is 17.7. The van der Waals surface area contributed by atoms with Gasteiger partial charge in [-0.05, 0) is 42.0 Å². The van der Waals surface area contributed by atoms with Gasteiger partial charge in [0.05, 0.1) is 25.3 Å². The number of aromatic nitrogens is 1. The summed E-state index contributed by atoms with van der Waals surface area (Å²) in [6.45, 7) is 0.383. The standard InChI is InChI=1S/C22H19NO5/c1-27-19-9-13(10-20(28-2)22(19)26)12-23-17-6-4-3-5-15(17)21(25)16-8-7-14(24)11-18(16)23/h3-11,24,26H,12H2,1-2H3. The van der Waals surface area contributed by atoms with Crippen LogP contribution in [0.3, 0.4) is 0 Å². The number of para-hydroxylation sites is 1. The van der Waals surface area contributed by atoms with Crippen molar-refractivity contribution >= 4 is 21.8 Å². The van der Waals surface area contributed by atoms with Crippen LogP contribution in [-0.4, -0.2) is 29.0 Å². The molecular formula is C22H19NO5. The summed E-state index contributed by atoms with van der Waals surface area (Å²) in [6, 6.07) is 15.5. The van der Waals surface area contributed by atoms with Crippen molar-refractivity contribution in [2.24, 2.45) is 0 Å². The number of methoxy groups -OCH3 is 2. The maximum absolute atomic E-state index is 12.9. The zero-order valence-corrected chi connectivity index (χ0v) is 15.5. The fourth-order valence-corrected chi connectivity index (χ4v) is 3.50. The van der Waals surface area contributed by atoms with Gasteiger partial charge in [0, 0.05) is 23.4 Å². The third-order valence-corrected chi connectivity index (χ3v) is 4.84. The van der Waals surface area contributed by atoms with Crippen LogP contribution in [0.25, 0.3) is 21.8 Å². The molecule has 0 saturated carbocycles. The molecule has 0 radical (unpaired) electrons. The van der Waals surface area contributed by atoms with Gasteiger partial charge >= 0.3 is 0 Å². The molecule has 0 aliphatic carbocycles. The minimum Gasteiger partial charge on any atom is -0.508 e. The van der Waals surface area contributed by atoms with Crippen LogP contribution in [0.1, 0.15) is 5.56 Å². The Kier molecular flexibility index (Phi) is 4.31. The molecule has 28 heavy (non-hydrogen) atoms. The monoisotopic (exact) mass is 377 g/mol. The Morgan fingerprint density at radius 1 is 0.857 bits per heavy atom. The Balaban J connectivity index is 2.02. The third kappa shape index (κ3) is 2.79. The van der Waals surface area contributed by atoms with Gasteiger partial charge in [-0.25, -0.2) is 0 Å². The highest BCUT2D eigenvalue weighted by Crippen LogP contribution is 2.37. The molecule has 4 aromatic rings. The molecule has 0 atom stereocenters. The third-order valence-electron chi connectivity index (χ3n) is 4.84. The molecule has 0 bridgehead atoms. The Bertz CT molecular complexity index is 1230. The second-order valence-electron chi connectivity index (χ2n) is 6.48. The lowest BCUT2D eigenvalue weighted by molar-refractivity contribution is 0.339. The fraction of sp³-hybridized carbons (Fsp3) is 0.136. The smallest absolute Gasteiger partial charge is 0.200 e. The van der Waals surface area contributed by atoms with E-state index in [1.165, 1.54) is 20.3 Å². The summed E-state index contributed by atoms with van der Waals surface area (Å²) >= 11 is 0. The van der Waals surface area contributed by atoms with Crippen molar-refractivity contribution in [1.82, 2.24) is 4.57 Å². The summed E-state index contributed by atoms with van der Waals surface area (Å²) in [4.78, 5) is 12.9. The second-order valence-corrected chi connectivity index (χ2v) is 6.48. The molecule has 1 heterocycles. The van der Waals surface area contributed by atoms with Crippen molar-refractivity contribution in [3.05, 3.63) is 70.4 Å². The second kappa shape index (κ2) is 6.81. The first-order chi connectivity index (χ1) is 13.5. The van der Waals surface area contributed by atoms with Crippen LogP contribution in [-0.2, 0) is 6.54 Å². The van der Waals surface area contributed by atoms with Crippen LogP contribution in [0, 0.1) is 0 Å². The lowest BCUT2D eigenvalue weighted by Gasteiger charge is -2.17. The van der Waals surface area contributed by atoms with Crippen molar-refractivity contribution < 1.29 is 19.7 Å². The molecular weight excluding hydrogens is 358 g/mol. The number of benzene rings is 3. The molecule has 4 rings (SSSR count). The molecule has 0 fully saturated rings. The van der Waals surface area contributed by atoms with Gasteiger partial charge in [0.25, 0.3) is 0 Å². The van der Waals surface area contributed by atoms with Gasteiger partial charge in [0.1, 0.15) is 5.75 Å². The van der Waals surface area contributed by atoms with Gasteiger partial charge < -0.3 is 24.3 Å². The Morgan fingerprint density at radius 3 is 2.18 bits per heavy atom. The predicted octanol–water partition coefficient (Wildman–Crippen LogP) is 3.63. The van der Waals surface area contributed by atoms with Crippen molar-refractivity contribution in [3.63, 3.8) is 0 Å².